The van der Waals surface area contributed by atoms with Crippen molar-refractivity contribution in [1.29, 1.82) is 0 Å². The first-order valence-electron chi connectivity index (χ1n) is 8.96. The number of benzene rings is 1. The lowest BCUT2D eigenvalue weighted by Crippen LogP contribution is -2.09. The molecule has 0 N–H and O–H groups in total. The van der Waals surface area contributed by atoms with Crippen LogP contribution in [0.4, 0.5) is 0 Å². The molecule has 29 heavy (non-hydrogen) atoms. The van der Waals surface area contributed by atoms with Gasteiger partial charge in [0.15, 0.2) is 11.5 Å². The minimum absolute atomic E-state index is 0.223. The van der Waals surface area contributed by atoms with Crippen LogP contribution >= 0.6 is 0 Å². The molecule has 0 spiro atoms. The average Bonchev–Trinajstić information content (AvgIpc) is 3.10. The number of nitrogens with zero attached hydrogens (tertiary/aromatic N) is 2. The van der Waals surface area contributed by atoms with E-state index in [0.717, 1.165) is 0 Å². The van der Waals surface area contributed by atoms with Gasteiger partial charge in [0.25, 0.3) is 0 Å². The van der Waals surface area contributed by atoms with E-state index in [-0.39, 0.29) is 23.6 Å². The number of methoxy groups -OCH3 is 3. The van der Waals surface area contributed by atoms with Crippen molar-refractivity contribution in [3.05, 3.63) is 52.8 Å². The van der Waals surface area contributed by atoms with Crippen LogP contribution in [0.3, 0.4) is 0 Å². The highest BCUT2D eigenvalue weighted by Crippen LogP contribution is 2.38. The summed E-state index contributed by atoms with van der Waals surface area (Å²) in [6.45, 7) is 3.75. The van der Waals surface area contributed by atoms with Crippen LogP contribution in [0.1, 0.15) is 39.0 Å². The molecular formula is C21H22N2O6. The largest absolute Gasteiger partial charge is 0.493 e. The van der Waals surface area contributed by atoms with E-state index in [1.54, 1.807) is 38.1 Å². The molecule has 0 amide bonds. The summed E-state index contributed by atoms with van der Waals surface area (Å²) in [6, 6.07) is 8.11. The van der Waals surface area contributed by atoms with Crippen molar-refractivity contribution in [1.82, 2.24) is 9.61 Å². The number of hydrogen-bond acceptors (Lipinski definition) is 7. The maximum absolute atomic E-state index is 13.3. The summed E-state index contributed by atoms with van der Waals surface area (Å²) < 4.78 is 22.5. The molecule has 0 atom stereocenters. The van der Waals surface area contributed by atoms with Gasteiger partial charge in [-0.1, -0.05) is 0 Å². The summed E-state index contributed by atoms with van der Waals surface area (Å²) in [5.74, 6) is 0.219. The van der Waals surface area contributed by atoms with Crippen LogP contribution in [0.2, 0.25) is 0 Å². The number of aryl methyl sites for hydroxylation is 1. The number of rotatable bonds is 7. The molecule has 1 aromatic carbocycles. The molecule has 152 valence electrons. The lowest BCUT2D eigenvalue weighted by Gasteiger charge is -2.13. The van der Waals surface area contributed by atoms with Gasteiger partial charge in [0.1, 0.15) is 5.69 Å². The molecule has 3 rings (SSSR count). The molecule has 2 aromatic heterocycles. The first kappa shape index (κ1) is 20.2. The highest BCUT2D eigenvalue weighted by molar-refractivity contribution is 6.11. The zero-order chi connectivity index (χ0) is 21.1. The molecule has 8 heteroatoms. The number of fused-ring (bicyclic) bond motifs is 1. The molecule has 0 unspecified atom stereocenters. The fourth-order valence-electron chi connectivity index (χ4n) is 3.07. The Balaban J connectivity index is 2.19. The maximum atomic E-state index is 13.3. The van der Waals surface area contributed by atoms with Crippen LogP contribution in [0, 0.1) is 6.92 Å². The van der Waals surface area contributed by atoms with E-state index in [1.165, 1.54) is 31.9 Å². The van der Waals surface area contributed by atoms with Gasteiger partial charge in [-0.25, -0.2) is 9.31 Å². The summed E-state index contributed by atoms with van der Waals surface area (Å²) in [6.07, 6.45) is 0. The number of ketones is 1. The van der Waals surface area contributed by atoms with E-state index >= 15 is 0 Å². The second-order valence-electron chi connectivity index (χ2n) is 6.18. The van der Waals surface area contributed by atoms with Gasteiger partial charge in [-0.15, -0.1) is 0 Å². The van der Waals surface area contributed by atoms with Crippen molar-refractivity contribution in [2.75, 3.05) is 27.9 Å². The smallest absolute Gasteiger partial charge is 0.340 e. The third kappa shape index (κ3) is 3.61. The first-order chi connectivity index (χ1) is 13.9. The molecule has 0 aliphatic rings. The molecule has 0 fully saturated rings. The van der Waals surface area contributed by atoms with E-state index in [4.69, 9.17) is 18.9 Å². The van der Waals surface area contributed by atoms with Gasteiger partial charge in [-0.3, -0.25) is 4.79 Å². The quantitative estimate of drug-likeness (QED) is 0.446. The predicted octanol–water partition coefficient (Wildman–Crippen LogP) is 3.08. The van der Waals surface area contributed by atoms with Crippen LogP contribution in [-0.4, -0.2) is 49.3 Å². The lowest BCUT2D eigenvalue weighted by molar-refractivity contribution is 0.0528. The van der Waals surface area contributed by atoms with Crippen LogP contribution in [0.5, 0.6) is 17.2 Å². The Kier molecular flexibility index (Phi) is 5.72. The van der Waals surface area contributed by atoms with E-state index in [9.17, 15) is 9.59 Å². The van der Waals surface area contributed by atoms with E-state index in [1.807, 2.05) is 0 Å². The van der Waals surface area contributed by atoms with Crippen molar-refractivity contribution < 1.29 is 28.5 Å². The Labute approximate surface area is 167 Å². The molecule has 0 bridgehead atoms. The van der Waals surface area contributed by atoms with Crippen LogP contribution < -0.4 is 14.2 Å². The number of aromatic nitrogens is 2. The Morgan fingerprint density at radius 1 is 1.00 bits per heavy atom. The Morgan fingerprint density at radius 2 is 1.66 bits per heavy atom. The highest BCUT2D eigenvalue weighted by Gasteiger charge is 2.24. The molecule has 0 saturated carbocycles. The molecule has 2 heterocycles. The normalized spacial score (nSPS) is 10.7. The Bertz CT molecular complexity index is 1060. The fourth-order valence-corrected chi connectivity index (χ4v) is 3.07. The molecule has 8 nitrogen and oxygen atoms in total. The van der Waals surface area contributed by atoms with Crippen LogP contribution in [-0.2, 0) is 4.74 Å². The van der Waals surface area contributed by atoms with Gasteiger partial charge in [0.05, 0.1) is 44.7 Å². The Morgan fingerprint density at radius 3 is 2.21 bits per heavy atom. The molecule has 0 aliphatic heterocycles. The van der Waals surface area contributed by atoms with E-state index in [2.05, 4.69) is 5.10 Å². The molecule has 0 radical (unpaired) electrons. The van der Waals surface area contributed by atoms with Gasteiger partial charge in [0, 0.05) is 5.56 Å². The lowest BCUT2D eigenvalue weighted by atomic mass is 10.1. The minimum atomic E-state index is -0.514. The van der Waals surface area contributed by atoms with Gasteiger partial charge in [-0.2, -0.15) is 5.10 Å². The van der Waals surface area contributed by atoms with Gasteiger partial charge in [0.2, 0.25) is 11.5 Å². The minimum Gasteiger partial charge on any atom is -0.493 e. The predicted molar refractivity (Wildman–Crippen MR) is 105 cm³/mol. The topological polar surface area (TPSA) is 88.4 Å². The van der Waals surface area contributed by atoms with Gasteiger partial charge < -0.3 is 18.9 Å². The third-order valence-electron chi connectivity index (χ3n) is 4.41. The number of ether oxygens (including phenoxy) is 4. The molecular weight excluding hydrogens is 376 g/mol. The van der Waals surface area contributed by atoms with Crippen molar-refractivity contribution in [3.63, 3.8) is 0 Å². The fraction of sp³-hybridized carbons (Fsp3) is 0.286. The second-order valence-corrected chi connectivity index (χ2v) is 6.18. The first-order valence-corrected chi connectivity index (χ1v) is 8.96. The highest BCUT2D eigenvalue weighted by atomic mass is 16.5. The van der Waals surface area contributed by atoms with Crippen LogP contribution in [0.15, 0.2) is 30.3 Å². The van der Waals surface area contributed by atoms with Crippen LogP contribution in [0.25, 0.3) is 5.52 Å². The second kappa shape index (κ2) is 8.22. The van der Waals surface area contributed by atoms with Crippen molar-refractivity contribution in [2.45, 2.75) is 13.8 Å². The number of esters is 1. The Hall–Kier alpha value is -3.55. The third-order valence-corrected chi connectivity index (χ3v) is 4.41. The molecule has 0 aliphatic carbocycles. The van der Waals surface area contributed by atoms with E-state index in [0.29, 0.717) is 34.0 Å². The number of hydrogen-bond donors (Lipinski definition) is 0. The summed E-state index contributed by atoms with van der Waals surface area (Å²) in [7, 11) is 4.44. The van der Waals surface area contributed by atoms with E-state index < -0.39 is 5.97 Å². The molecule has 3 aromatic rings. The van der Waals surface area contributed by atoms with Crippen molar-refractivity contribution >= 4 is 17.3 Å². The molecule has 0 saturated heterocycles. The zero-order valence-corrected chi connectivity index (χ0v) is 16.9. The summed E-state index contributed by atoms with van der Waals surface area (Å²) in [5.41, 5.74) is 1.99. The number of carbonyl (C=O) groups excluding carboxylic acids is 2. The maximum Gasteiger partial charge on any atom is 0.340 e. The van der Waals surface area contributed by atoms with Gasteiger partial charge in [-0.05, 0) is 44.2 Å². The summed E-state index contributed by atoms with van der Waals surface area (Å²) in [5, 5.41) is 4.41. The average molecular weight is 398 g/mol. The summed E-state index contributed by atoms with van der Waals surface area (Å²) in [4.78, 5) is 25.7. The standard InChI is InChI=1S/C21H22N2O6/c1-6-29-21(25)14-11-16(23-15(14)8-7-12(2)22-23)19(24)13-9-17(26-3)20(28-5)18(10-13)27-4/h7-11H,6H2,1-5H3. The zero-order valence-electron chi connectivity index (χ0n) is 16.9. The monoisotopic (exact) mass is 398 g/mol. The SMILES string of the molecule is CCOC(=O)c1cc(C(=O)c2cc(OC)c(OC)c(OC)c2)n2nc(C)ccc12. The number of carbonyl (C=O) groups is 2. The summed E-state index contributed by atoms with van der Waals surface area (Å²) >= 11 is 0. The van der Waals surface area contributed by atoms with Gasteiger partial charge >= 0.3 is 5.97 Å². The van der Waals surface area contributed by atoms with Crippen molar-refractivity contribution in [2.24, 2.45) is 0 Å². The van der Waals surface area contributed by atoms with Crippen molar-refractivity contribution in [3.8, 4) is 17.2 Å².